The molecule has 0 amide bonds. The molecule has 1 aromatic heterocycles. The summed E-state index contributed by atoms with van der Waals surface area (Å²) < 4.78 is 0. The van der Waals surface area contributed by atoms with E-state index >= 15 is 0 Å². The maximum absolute atomic E-state index is 9.91. The second-order valence-electron chi connectivity index (χ2n) is 4.61. The average Bonchev–Trinajstić information content (AvgIpc) is 2.40. The molecule has 0 unspecified atom stereocenters. The SMILES string of the molecule is CCc1cnc(N2CCC(O)(CO)CC2)nc1. The van der Waals surface area contributed by atoms with Crippen molar-refractivity contribution in [3.05, 3.63) is 18.0 Å². The lowest BCUT2D eigenvalue weighted by Crippen LogP contribution is -2.47. The van der Waals surface area contributed by atoms with Gasteiger partial charge in [0.15, 0.2) is 0 Å². The summed E-state index contributed by atoms with van der Waals surface area (Å²) in [5.74, 6) is 0.710. The van der Waals surface area contributed by atoms with E-state index in [0.29, 0.717) is 31.9 Å². The number of aromatic nitrogens is 2. The molecule has 0 bridgehead atoms. The van der Waals surface area contributed by atoms with Crippen molar-refractivity contribution in [1.82, 2.24) is 9.97 Å². The fraction of sp³-hybridized carbons (Fsp3) is 0.667. The molecule has 0 aliphatic carbocycles. The zero-order chi connectivity index (χ0) is 12.3. The number of hydrogen-bond acceptors (Lipinski definition) is 5. The maximum atomic E-state index is 9.91. The smallest absolute Gasteiger partial charge is 0.225 e. The van der Waals surface area contributed by atoms with E-state index < -0.39 is 5.60 Å². The molecule has 17 heavy (non-hydrogen) atoms. The van der Waals surface area contributed by atoms with Gasteiger partial charge in [0.2, 0.25) is 5.95 Å². The zero-order valence-electron chi connectivity index (χ0n) is 10.1. The molecule has 1 saturated heterocycles. The molecule has 2 N–H and O–H groups in total. The highest BCUT2D eigenvalue weighted by atomic mass is 16.3. The second kappa shape index (κ2) is 4.98. The van der Waals surface area contributed by atoms with Crippen molar-refractivity contribution in [1.29, 1.82) is 0 Å². The molecule has 1 aliphatic rings. The van der Waals surface area contributed by atoms with Crippen LogP contribution >= 0.6 is 0 Å². The minimum absolute atomic E-state index is 0.170. The van der Waals surface area contributed by atoms with E-state index in [0.717, 1.165) is 12.0 Å². The van der Waals surface area contributed by atoms with E-state index in [1.807, 2.05) is 17.3 Å². The van der Waals surface area contributed by atoms with Gasteiger partial charge in [0, 0.05) is 25.5 Å². The van der Waals surface area contributed by atoms with Gasteiger partial charge >= 0.3 is 0 Å². The summed E-state index contributed by atoms with van der Waals surface area (Å²) in [4.78, 5) is 10.7. The first-order valence-corrected chi connectivity index (χ1v) is 6.06. The summed E-state index contributed by atoms with van der Waals surface area (Å²) in [6.45, 7) is 3.27. The number of anilines is 1. The summed E-state index contributed by atoms with van der Waals surface area (Å²) in [5.41, 5.74) is 0.206. The van der Waals surface area contributed by atoms with Crippen LogP contribution in [-0.4, -0.2) is 45.5 Å². The van der Waals surface area contributed by atoms with Gasteiger partial charge in [-0.1, -0.05) is 6.92 Å². The Kier molecular flexibility index (Phi) is 3.59. The molecule has 1 fully saturated rings. The molecule has 1 aliphatic heterocycles. The Balaban J connectivity index is 2.00. The van der Waals surface area contributed by atoms with Crippen LogP contribution in [0.1, 0.15) is 25.3 Å². The lowest BCUT2D eigenvalue weighted by molar-refractivity contribution is -0.0327. The lowest BCUT2D eigenvalue weighted by atomic mass is 9.93. The van der Waals surface area contributed by atoms with Crippen LogP contribution in [0.5, 0.6) is 0 Å². The lowest BCUT2D eigenvalue weighted by Gasteiger charge is -2.36. The van der Waals surface area contributed by atoms with Crippen LogP contribution in [0.4, 0.5) is 5.95 Å². The predicted molar refractivity (Wildman–Crippen MR) is 64.9 cm³/mol. The van der Waals surface area contributed by atoms with E-state index in [2.05, 4.69) is 16.9 Å². The molecule has 0 atom stereocenters. The molecule has 0 saturated carbocycles. The van der Waals surface area contributed by atoms with Crippen molar-refractivity contribution < 1.29 is 10.2 Å². The Bertz CT molecular complexity index is 359. The van der Waals surface area contributed by atoms with Gasteiger partial charge in [0.25, 0.3) is 0 Å². The molecule has 94 valence electrons. The average molecular weight is 237 g/mol. The molecular weight excluding hydrogens is 218 g/mol. The van der Waals surface area contributed by atoms with Crippen LogP contribution in [0.2, 0.25) is 0 Å². The first-order chi connectivity index (χ1) is 8.17. The minimum Gasteiger partial charge on any atom is -0.393 e. The van der Waals surface area contributed by atoms with E-state index in [4.69, 9.17) is 5.11 Å². The highest BCUT2D eigenvalue weighted by Crippen LogP contribution is 2.23. The number of nitrogens with zero attached hydrogens (tertiary/aromatic N) is 3. The maximum Gasteiger partial charge on any atom is 0.225 e. The number of rotatable bonds is 3. The minimum atomic E-state index is -0.917. The van der Waals surface area contributed by atoms with Crippen molar-refractivity contribution in [2.45, 2.75) is 31.8 Å². The Morgan fingerprint density at radius 2 is 1.88 bits per heavy atom. The third-order valence-electron chi connectivity index (χ3n) is 3.37. The Hall–Kier alpha value is -1.20. The molecule has 5 nitrogen and oxygen atoms in total. The summed E-state index contributed by atoms with van der Waals surface area (Å²) in [7, 11) is 0. The quantitative estimate of drug-likeness (QED) is 0.794. The number of aryl methyl sites for hydroxylation is 1. The van der Waals surface area contributed by atoms with E-state index in [1.165, 1.54) is 0 Å². The van der Waals surface area contributed by atoms with Gasteiger partial charge in [-0.15, -0.1) is 0 Å². The number of aliphatic hydroxyl groups is 2. The third-order valence-corrected chi connectivity index (χ3v) is 3.37. The normalized spacial score (nSPS) is 19.4. The standard InChI is InChI=1S/C12H19N3O2/c1-2-10-7-13-11(14-8-10)15-5-3-12(17,9-16)4-6-15/h7-8,16-17H,2-6,9H2,1H3. The fourth-order valence-electron chi connectivity index (χ4n) is 1.97. The molecule has 1 aromatic rings. The molecule has 5 heteroatoms. The van der Waals surface area contributed by atoms with Crippen molar-refractivity contribution in [2.24, 2.45) is 0 Å². The Morgan fingerprint density at radius 1 is 1.29 bits per heavy atom. The van der Waals surface area contributed by atoms with Crippen LogP contribution in [0.25, 0.3) is 0 Å². The highest BCUT2D eigenvalue weighted by Gasteiger charge is 2.32. The van der Waals surface area contributed by atoms with Gasteiger partial charge in [0.05, 0.1) is 12.2 Å². The molecule has 2 rings (SSSR count). The molecule has 0 radical (unpaired) electrons. The first kappa shape index (κ1) is 12.3. The summed E-state index contributed by atoms with van der Waals surface area (Å²) in [6, 6.07) is 0. The third kappa shape index (κ3) is 2.73. The van der Waals surface area contributed by atoms with Crippen molar-refractivity contribution in [3.8, 4) is 0 Å². The largest absolute Gasteiger partial charge is 0.393 e. The van der Waals surface area contributed by atoms with Crippen molar-refractivity contribution in [2.75, 3.05) is 24.6 Å². The number of aliphatic hydroxyl groups excluding tert-OH is 1. The van der Waals surface area contributed by atoms with Crippen LogP contribution in [-0.2, 0) is 6.42 Å². The molecule has 0 aromatic carbocycles. The van der Waals surface area contributed by atoms with Gasteiger partial charge in [-0.3, -0.25) is 0 Å². The van der Waals surface area contributed by atoms with Crippen LogP contribution < -0.4 is 4.90 Å². The fourth-order valence-corrected chi connectivity index (χ4v) is 1.97. The van der Waals surface area contributed by atoms with E-state index in [1.54, 1.807) is 0 Å². The molecule has 2 heterocycles. The van der Waals surface area contributed by atoms with Crippen LogP contribution in [0.15, 0.2) is 12.4 Å². The van der Waals surface area contributed by atoms with Gasteiger partial charge in [0.1, 0.15) is 0 Å². The Morgan fingerprint density at radius 3 is 2.35 bits per heavy atom. The zero-order valence-corrected chi connectivity index (χ0v) is 10.1. The molecule has 0 spiro atoms. The van der Waals surface area contributed by atoms with Crippen LogP contribution in [0, 0.1) is 0 Å². The summed E-state index contributed by atoms with van der Waals surface area (Å²) in [5, 5.41) is 19.0. The summed E-state index contributed by atoms with van der Waals surface area (Å²) >= 11 is 0. The van der Waals surface area contributed by atoms with Gasteiger partial charge < -0.3 is 15.1 Å². The van der Waals surface area contributed by atoms with Crippen molar-refractivity contribution in [3.63, 3.8) is 0 Å². The van der Waals surface area contributed by atoms with Gasteiger partial charge in [-0.05, 0) is 24.8 Å². The first-order valence-electron chi connectivity index (χ1n) is 6.06. The van der Waals surface area contributed by atoms with E-state index in [-0.39, 0.29) is 6.61 Å². The number of hydrogen-bond donors (Lipinski definition) is 2. The summed E-state index contributed by atoms with van der Waals surface area (Å²) in [6.07, 6.45) is 5.74. The van der Waals surface area contributed by atoms with Gasteiger partial charge in [-0.2, -0.15) is 0 Å². The van der Waals surface area contributed by atoms with E-state index in [9.17, 15) is 5.11 Å². The van der Waals surface area contributed by atoms with Crippen LogP contribution in [0.3, 0.4) is 0 Å². The highest BCUT2D eigenvalue weighted by molar-refractivity contribution is 5.31. The molecular formula is C12H19N3O2. The Labute approximate surface area is 101 Å². The second-order valence-corrected chi connectivity index (χ2v) is 4.61. The predicted octanol–water partition coefficient (Wildman–Crippen LogP) is 0.363. The number of piperidine rings is 1. The topological polar surface area (TPSA) is 69.5 Å². The van der Waals surface area contributed by atoms with Gasteiger partial charge in [-0.25, -0.2) is 9.97 Å². The van der Waals surface area contributed by atoms with Crippen molar-refractivity contribution >= 4 is 5.95 Å². The monoisotopic (exact) mass is 237 g/mol.